The molecule has 0 unspecified atom stereocenters. The highest BCUT2D eigenvalue weighted by molar-refractivity contribution is 9.10. The van der Waals surface area contributed by atoms with E-state index >= 15 is 0 Å². The zero-order chi connectivity index (χ0) is 5.98. The van der Waals surface area contributed by atoms with E-state index in [2.05, 4.69) is 20.9 Å². The first kappa shape index (κ1) is 5.82. The van der Waals surface area contributed by atoms with Crippen molar-refractivity contribution in [2.45, 2.75) is 0 Å². The van der Waals surface area contributed by atoms with Crippen molar-refractivity contribution >= 4 is 29.4 Å². The molecule has 3 heteroatoms. The normalized spacial score (nSPS) is 9.12. The number of pyridine rings is 1. The van der Waals surface area contributed by atoms with Crippen LogP contribution in [0.4, 0.5) is 0 Å². The highest BCUT2D eigenvalue weighted by Crippen LogP contribution is 2.02. The largest absolute Gasteiger partial charge is 0.271 e. The quantitative estimate of drug-likeness (QED) is 0.503. The maximum Gasteiger partial charge on any atom is 0.163 e. The van der Waals surface area contributed by atoms with Crippen LogP contribution >= 0.6 is 15.9 Å². The van der Waals surface area contributed by atoms with E-state index in [0.29, 0.717) is 0 Å². The SMILES string of the molecule is Bc1ccc(Br)cn1. The van der Waals surface area contributed by atoms with E-state index in [9.17, 15) is 0 Å². The summed E-state index contributed by atoms with van der Waals surface area (Å²) in [5.41, 5.74) is 1.05. The summed E-state index contributed by atoms with van der Waals surface area (Å²) in [6, 6.07) is 3.94. The lowest BCUT2D eigenvalue weighted by Gasteiger charge is -1.88. The van der Waals surface area contributed by atoms with E-state index in [4.69, 9.17) is 0 Å². The Labute approximate surface area is 57.7 Å². The predicted molar refractivity (Wildman–Crippen MR) is 40.1 cm³/mol. The second kappa shape index (κ2) is 2.31. The lowest BCUT2D eigenvalue weighted by atomic mass is 10.1. The van der Waals surface area contributed by atoms with E-state index in [1.807, 2.05) is 20.0 Å². The Kier molecular flexibility index (Phi) is 1.68. The molecule has 0 fully saturated rings. The summed E-state index contributed by atoms with van der Waals surface area (Å²) < 4.78 is 1.03. The van der Waals surface area contributed by atoms with Crippen molar-refractivity contribution in [2.24, 2.45) is 0 Å². The van der Waals surface area contributed by atoms with Gasteiger partial charge in [0.1, 0.15) is 0 Å². The Bertz CT molecular complexity index is 151. The molecule has 0 radical (unpaired) electrons. The predicted octanol–water partition coefficient (Wildman–Crippen LogP) is 0.102. The van der Waals surface area contributed by atoms with Crippen LogP contribution in [0.1, 0.15) is 0 Å². The summed E-state index contributed by atoms with van der Waals surface area (Å²) >= 11 is 3.28. The van der Waals surface area contributed by atoms with E-state index in [0.717, 1.165) is 10.1 Å². The van der Waals surface area contributed by atoms with Crippen LogP contribution in [-0.2, 0) is 0 Å². The fourth-order valence-corrected chi connectivity index (χ4v) is 0.684. The second-order valence-corrected chi connectivity index (χ2v) is 2.53. The molecule has 0 aromatic carbocycles. The molecule has 0 bridgehead atoms. The lowest BCUT2D eigenvalue weighted by molar-refractivity contribution is 1.37. The van der Waals surface area contributed by atoms with Gasteiger partial charge in [0.25, 0.3) is 0 Å². The third kappa shape index (κ3) is 1.34. The molecule has 1 aromatic heterocycles. The van der Waals surface area contributed by atoms with Crippen molar-refractivity contribution in [3.05, 3.63) is 22.8 Å². The molecule has 1 heterocycles. The third-order valence-electron chi connectivity index (χ3n) is 0.875. The van der Waals surface area contributed by atoms with Crippen LogP contribution in [0.3, 0.4) is 0 Å². The molecule has 8 heavy (non-hydrogen) atoms. The molecule has 0 amide bonds. The second-order valence-electron chi connectivity index (χ2n) is 1.62. The van der Waals surface area contributed by atoms with Gasteiger partial charge in [0, 0.05) is 10.7 Å². The first-order valence-electron chi connectivity index (χ1n) is 2.37. The first-order valence-corrected chi connectivity index (χ1v) is 3.16. The monoisotopic (exact) mass is 169 g/mol. The summed E-state index contributed by atoms with van der Waals surface area (Å²) in [5, 5.41) is 0. The van der Waals surface area contributed by atoms with Gasteiger partial charge in [0.05, 0.1) is 0 Å². The standard InChI is InChI=1S/C5H5BBrN/c6-5-2-1-4(7)3-8-5/h1-3H,6H2. The summed E-state index contributed by atoms with van der Waals surface area (Å²) in [5.74, 6) is 0. The lowest BCUT2D eigenvalue weighted by Crippen LogP contribution is -2.04. The Balaban J connectivity index is 3.03. The van der Waals surface area contributed by atoms with Crippen LogP contribution in [0.25, 0.3) is 0 Å². The van der Waals surface area contributed by atoms with Gasteiger partial charge in [-0.15, -0.1) is 0 Å². The van der Waals surface area contributed by atoms with E-state index in [1.54, 1.807) is 6.20 Å². The molecular formula is C5H5BBrN. The van der Waals surface area contributed by atoms with Crippen molar-refractivity contribution in [3.8, 4) is 0 Å². The molecule has 0 aliphatic rings. The van der Waals surface area contributed by atoms with Gasteiger partial charge in [-0.2, -0.15) is 0 Å². The summed E-state index contributed by atoms with van der Waals surface area (Å²) in [6.07, 6.45) is 1.79. The van der Waals surface area contributed by atoms with Crippen LogP contribution in [-0.4, -0.2) is 12.8 Å². The van der Waals surface area contributed by atoms with Gasteiger partial charge in [-0.05, 0) is 33.7 Å². The minimum Gasteiger partial charge on any atom is -0.271 e. The molecule has 1 nitrogen and oxygen atoms in total. The summed E-state index contributed by atoms with van der Waals surface area (Å²) in [7, 11) is 1.96. The van der Waals surface area contributed by atoms with Gasteiger partial charge in [-0.25, -0.2) is 0 Å². The average molecular weight is 170 g/mol. The molecule has 1 rings (SSSR count). The smallest absolute Gasteiger partial charge is 0.163 e. The highest BCUT2D eigenvalue weighted by atomic mass is 79.9. The van der Waals surface area contributed by atoms with E-state index in [1.165, 1.54) is 0 Å². The molecule has 0 saturated carbocycles. The third-order valence-corrected chi connectivity index (χ3v) is 1.34. The molecule has 0 aliphatic heterocycles. The molecular weight excluding hydrogens is 165 g/mol. The fourth-order valence-electron chi connectivity index (χ4n) is 0.450. The molecule has 0 saturated heterocycles. The molecule has 40 valence electrons. The van der Waals surface area contributed by atoms with Gasteiger partial charge < -0.3 is 0 Å². The average Bonchev–Trinajstić information content (AvgIpc) is 1.77. The van der Waals surface area contributed by atoms with Crippen molar-refractivity contribution in [1.29, 1.82) is 0 Å². The number of rotatable bonds is 0. The first-order chi connectivity index (χ1) is 3.79. The molecule has 1 aromatic rings. The highest BCUT2D eigenvalue weighted by Gasteiger charge is 1.82. The zero-order valence-electron chi connectivity index (χ0n) is 4.56. The van der Waals surface area contributed by atoms with Gasteiger partial charge in [0.15, 0.2) is 7.85 Å². The molecule has 0 atom stereocenters. The summed E-state index contributed by atoms with van der Waals surface area (Å²) in [6.45, 7) is 0. The van der Waals surface area contributed by atoms with Crippen molar-refractivity contribution in [2.75, 3.05) is 0 Å². The Morgan fingerprint density at radius 3 is 2.62 bits per heavy atom. The Hall–Kier alpha value is -0.305. The van der Waals surface area contributed by atoms with Gasteiger partial charge >= 0.3 is 0 Å². The Morgan fingerprint density at radius 1 is 1.50 bits per heavy atom. The fraction of sp³-hybridized carbons (Fsp3) is 0. The van der Waals surface area contributed by atoms with Crippen LogP contribution in [0.5, 0.6) is 0 Å². The number of hydrogen-bond acceptors (Lipinski definition) is 1. The van der Waals surface area contributed by atoms with Crippen LogP contribution in [0.2, 0.25) is 0 Å². The summed E-state index contributed by atoms with van der Waals surface area (Å²) in [4.78, 5) is 4.03. The van der Waals surface area contributed by atoms with Gasteiger partial charge in [-0.1, -0.05) is 0 Å². The number of halogens is 1. The van der Waals surface area contributed by atoms with E-state index in [-0.39, 0.29) is 0 Å². The topological polar surface area (TPSA) is 12.9 Å². The van der Waals surface area contributed by atoms with Gasteiger partial charge in [0.2, 0.25) is 0 Å². The van der Waals surface area contributed by atoms with Crippen molar-refractivity contribution < 1.29 is 0 Å². The number of hydrogen-bond donors (Lipinski definition) is 0. The Morgan fingerprint density at radius 2 is 2.25 bits per heavy atom. The van der Waals surface area contributed by atoms with Crippen LogP contribution in [0.15, 0.2) is 22.8 Å². The van der Waals surface area contributed by atoms with Gasteiger partial charge in [-0.3, -0.25) is 4.98 Å². The minimum absolute atomic E-state index is 1.03. The van der Waals surface area contributed by atoms with Crippen LogP contribution in [0, 0.1) is 0 Å². The van der Waals surface area contributed by atoms with E-state index < -0.39 is 0 Å². The van der Waals surface area contributed by atoms with Crippen molar-refractivity contribution in [3.63, 3.8) is 0 Å². The molecule has 0 N–H and O–H groups in total. The zero-order valence-corrected chi connectivity index (χ0v) is 6.14. The maximum absolute atomic E-state index is 4.03. The number of aromatic nitrogens is 1. The maximum atomic E-state index is 4.03. The minimum atomic E-state index is 1.03. The van der Waals surface area contributed by atoms with Crippen LogP contribution < -0.4 is 5.59 Å². The molecule has 0 aliphatic carbocycles. The van der Waals surface area contributed by atoms with Crippen molar-refractivity contribution in [1.82, 2.24) is 4.98 Å². The number of nitrogens with zero attached hydrogens (tertiary/aromatic N) is 1. The molecule has 0 spiro atoms.